The summed E-state index contributed by atoms with van der Waals surface area (Å²) < 4.78 is 19.1. The van der Waals surface area contributed by atoms with E-state index in [1.54, 1.807) is 12.4 Å². The third-order valence-electron chi connectivity index (χ3n) is 5.90. The van der Waals surface area contributed by atoms with Crippen molar-refractivity contribution in [1.29, 1.82) is 0 Å². The topological polar surface area (TPSA) is 57.4 Å². The van der Waals surface area contributed by atoms with E-state index >= 15 is 0 Å². The molecule has 0 spiro atoms. The van der Waals surface area contributed by atoms with Gasteiger partial charge in [0.05, 0.1) is 11.2 Å². The van der Waals surface area contributed by atoms with Crippen LogP contribution in [0.5, 0.6) is 0 Å². The number of benzene rings is 2. The van der Waals surface area contributed by atoms with Crippen molar-refractivity contribution in [2.45, 2.75) is 38.9 Å². The standard InChI is InChI=1S/C22H20BBrN2O3/c1-21(2)22(3,4)29-23(28-21)20-25-11-14(12-26-20)13-5-7-16-17-8-6-15(24)10-19(17)27-18(16)9-13/h5-12H,1-4H3. The van der Waals surface area contributed by atoms with E-state index in [4.69, 9.17) is 13.7 Å². The minimum Gasteiger partial charge on any atom is -0.456 e. The Kier molecular flexibility index (Phi) is 4.14. The van der Waals surface area contributed by atoms with Crippen molar-refractivity contribution in [3.63, 3.8) is 0 Å². The smallest absolute Gasteiger partial charge is 0.456 e. The molecule has 1 saturated heterocycles. The minimum absolute atomic E-state index is 0.416. The maximum Gasteiger partial charge on any atom is 0.534 e. The van der Waals surface area contributed by atoms with E-state index in [0.717, 1.165) is 37.5 Å². The summed E-state index contributed by atoms with van der Waals surface area (Å²) >= 11 is 3.49. The van der Waals surface area contributed by atoms with Gasteiger partial charge in [-0.25, -0.2) is 9.97 Å². The quantitative estimate of drug-likeness (QED) is 0.397. The van der Waals surface area contributed by atoms with Crippen LogP contribution >= 0.6 is 15.9 Å². The molecule has 2 aromatic heterocycles. The van der Waals surface area contributed by atoms with Gasteiger partial charge in [0.25, 0.3) is 0 Å². The van der Waals surface area contributed by atoms with Crippen LogP contribution in [0.4, 0.5) is 0 Å². The van der Waals surface area contributed by atoms with Crippen LogP contribution in [0, 0.1) is 0 Å². The zero-order valence-corrected chi connectivity index (χ0v) is 18.3. The van der Waals surface area contributed by atoms with Crippen LogP contribution < -0.4 is 5.72 Å². The Morgan fingerprint density at radius 3 is 2.03 bits per heavy atom. The molecule has 0 unspecified atom stereocenters. The van der Waals surface area contributed by atoms with Gasteiger partial charge < -0.3 is 13.7 Å². The fourth-order valence-corrected chi connectivity index (χ4v) is 3.83. The van der Waals surface area contributed by atoms with E-state index in [9.17, 15) is 0 Å². The van der Waals surface area contributed by atoms with E-state index < -0.39 is 18.3 Å². The number of rotatable bonds is 2. The summed E-state index contributed by atoms with van der Waals surface area (Å²) in [5, 5.41) is 2.19. The van der Waals surface area contributed by atoms with Crippen LogP contribution in [0.1, 0.15) is 27.7 Å². The van der Waals surface area contributed by atoms with Crippen molar-refractivity contribution < 1.29 is 13.7 Å². The van der Waals surface area contributed by atoms with Crippen LogP contribution in [0.15, 0.2) is 57.7 Å². The van der Waals surface area contributed by atoms with Gasteiger partial charge in [0.2, 0.25) is 0 Å². The molecule has 1 fully saturated rings. The average Bonchev–Trinajstić information content (AvgIpc) is 3.13. The number of hydrogen-bond acceptors (Lipinski definition) is 5. The molecule has 1 aliphatic rings. The molecule has 2 aromatic carbocycles. The van der Waals surface area contributed by atoms with Gasteiger partial charge >= 0.3 is 7.12 Å². The van der Waals surface area contributed by atoms with Gasteiger partial charge in [-0.1, -0.05) is 22.0 Å². The maximum atomic E-state index is 6.04. The Labute approximate surface area is 177 Å². The second-order valence-electron chi connectivity index (χ2n) is 8.37. The van der Waals surface area contributed by atoms with Crippen LogP contribution in [-0.4, -0.2) is 28.3 Å². The first-order valence-corrected chi connectivity index (χ1v) is 10.3. The Morgan fingerprint density at radius 1 is 0.793 bits per heavy atom. The van der Waals surface area contributed by atoms with E-state index in [1.807, 2.05) is 45.9 Å². The lowest BCUT2D eigenvalue weighted by molar-refractivity contribution is 0.00578. The first-order chi connectivity index (χ1) is 13.7. The molecule has 7 heteroatoms. The Hall–Kier alpha value is -2.22. The highest BCUT2D eigenvalue weighted by atomic mass is 79.9. The van der Waals surface area contributed by atoms with Crippen LogP contribution in [0.3, 0.4) is 0 Å². The maximum absolute atomic E-state index is 6.04. The van der Waals surface area contributed by atoms with Crippen molar-refractivity contribution in [1.82, 2.24) is 9.97 Å². The van der Waals surface area contributed by atoms with Crippen LogP contribution in [-0.2, 0) is 9.31 Å². The third kappa shape index (κ3) is 3.08. The van der Waals surface area contributed by atoms with Crippen LogP contribution in [0.2, 0.25) is 0 Å². The zero-order chi connectivity index (χ0) is 20.4. The summed E-state index contributed by atoms with van der Waals surface area (Å²) in [6.07, 6.45) is 3.60. The number of nitrogens with zero attached hydrogens (tertiary/aromatic N) is 2. The van der Waals surface area contributed by atoms with Gasteiger partial charge in [0.15, 0.2) is 5.72 Å². The predicted octanol–water partition coefficient (Wildman–Crippen LogP) is 5.10. The van der Waals surface area contributed by atoms with Crippen molar-refractivity contribution in [2.24, 2.45) is 0 Å². The average molecular weight is 451 g/mol. The number of hydrogen-bond donors (Lipinski definition) is 0. The molecule has 146 valence electrons. The van der Waals surface area contributed by atoms with Crippen molar-refractivity contribution in [3.05, 3.63) is 53.3 Å². The van der Waals surface area contributed by atoms with Gasteiger partial charge in [-0.3, -0.25) is 0 Å². The van der Waals surface area contributed by atoms with E-state index in [2.05, 4.69) is 44.1 Å². The lowest BCUT2D eigenvalue weighted by atomic mass is 9.89. The molecule has 1 aliphatic heterocycles. The lowest BCUT2D eigenvalue weighted by Gasteiger charge is -2.32. The van der Waals surface area contributed by atoms with Gasteiger partial charge in [0.1, 0.15) is 11.2 Å². The van der Waals surface area contributed by atoms with Crippen LogP contribution in [0.25, 0.3) is 33.1 Å². The lowest BCUT2D eigenvalue weighted by Crippen LogP contribution is -2.41. The summed E-state index contributed by atoms with van der Waals surface area (Å²) in [5.41, 5.74) is 3.30. The first kappa shape index (κ1) is 18.8. The molecule has 0 N–H and O–H groups in total. The first-order valence-electron chi connectivity index (χ1n) is 9.53. The Balaban J connectivity index is 1.47. The predicted molar refractivity (Wildman–Crippen MR) is 118 cm³/mol. The van der Waals surface area contributed by atoms with Crippen molar-refractivity contribution in [2.75, 3.05) is 0 Å². The highest BCUT2D eigenvalue weighted by molar-refractivity contribution is 9.10. The summed E-state index contributed by atoms with van der Waals surface area (Å²) in [7, 11) is -0.564. The minimum atomic E-state index is -0.564. The second-order valence-corrected chi connectivity index (χ2v) is 9.29. The van der Waals surface area contributed by atoms with Crippen molar-refractivity contribution in [3.8, 4) is 11.1 Å². The molecule has 0 saturated carbocycles. The fourth-order valence-electron chi connectivity index (χ4n) is 3.49. The largest absolute Gasteiger partial charge is 0.534 e. The monoisotopic (exact) mass is 450 g/mol. The van der Waals surface area contributed by atoms with Crippen molar-refractivity contribution >= 4 is 50.7 Å². The molecule has 0 atom stereocenters. The molecule has 3 heterocycles. The molecule has 4 aromatic rings. The molecule has 5 nitrogen and oxygen atoms in total. The Bertz CT molecular complexity index is 1220. The molecular weight excluding hydrogens is 431 g/mol. The summed E-state index contributed by atoms with van der Waals surface area (Å²) in [5.74, 6) is 0. The highest BCUT2D eigenvalue weighted by Crippen LogP contribution is 2.36. The van der Waals surface area contributed by atoms with E-state index in [1.165, 1.54) is 0 Å². The normalized spacial score (nSPS) is 18.0. The third-order valence-corrected chi connectivity index (χ3v) is 6.40. The molecular formula is C22H20BBrN2O3. The highest BCUT2D eigenvalue weighted by Gasteiger charge is 2.53. The number of halogens is 1. The zero-order valence-electron chi connectivity index (χ0n) is 16.7. The van der Waals surface area contributed by atoms with Gasteiger partial charge in [-0.15, -0.1) is 0 Å². The molecule has 5 rings (SSSR count). The number of fused-ring (bicyclic) bond motifs is 3. The summed E-state index contributed by atoms with van der Waals surface area (Å²) in [6.45, 7) is 8.07. The summed E-state index contributed by atoms with van der Waals surface area (Å²) in [4.78, 5) is 9.01. The van der Waals surface area contributed by atoms with Gasteiger partial charge in [-0.05, 0) is 63.6 Å². The fraction of sp³-hybridized carbons (Fsp3) is 0.273. The number of furan rings is 1. The Morgan fingerprint density at radius 2 is 1.38 bits per heavy atom. The molecule has 29 heavy (non-hydrogen) atoms. The number of aromatic nitrogens is 2. The summed E-state index contributed by atoms with van der Waals surface area (Å²) in [6, 6.07) is 12.2. The van der Waals surface area contributed by atoms with Gasteiger partial charge in [0, 0.05) is 33.2 Å². The molecule has 0 bridgehead atoms. The molecule has 0 amide bonds. The van der Waals surface area contributed by atoms with E-state index in [-0.39, 0.29) is 0 Å². The van der Waals surface area contributed by atoms with Gasteiger partial charge in [-0.2, -0.15) is 0 Å². The molecule has 0 radical (unpaired) electrons. The molecule has 0 aliphatic carbocycles. The SMILES string of the molecule is CC1(C)OB(c2ncc(-c3ccc4c(c3)oc3cc(Br)ccc34)cn2)OC1(C)C. The van der Waals surface area contributed by atoms with E-state index in [0.29, 0.717) is 5.72 Å². The second kappa shape index (κ2) is 6.39.